The van der Waals surface area contributed by atoms with Crippen LogP contribution in [0.25, 0.3) is 0 Å². The van der Waals surface area contributed by atoms with Gasteiger partial charge in [0.2, 0.25) is 0 Å². The minimum Gasteiger partial charge on any atom is -0.462 e. The summed E-state index contributed by atoms with van der Waals surface area (Å²) in [5, 5.41) is 0. The minimum absolute atomic E-state index is 0.0826. The molecule has 1 unspecified atom stereocenters. The second-order valence-electron chi connectivity index (χ2n) is 22.0. The summed E-state index contributed by atoms with van der Waals surface area (Å²) >= 11 is 0. The number of allylic oxidation sites excluding steroid dienone is 18. The molecule has 6 heteroatoms. The molecule has 0 heterocycles. The van der Waals surface area contributed by atoms with E-state index < -0.39 is 6.10 Å². The third-order valence-corrected chi connectivity index (χ3v) is 14.2. The van der Waals surface area contributed by atoms with Crippen LogP contribution in [0.15, 0.2) is 109 Å². The number of carbonyl (C=O) groups excluding carboxylic acids is 3. The van der Waals surface area contributed by atoms with E-state index in [9.17, 15) is 14.4 Å². The van der Waals surface area contributed by atoms with Gasteiger partial charge < -0.3 is 14.2 Å². The average Bonchev–Trinajstić information content (AvgIpc) is 3.45. The van der Waals surface area contributed by atoms with Crippen molar-refractivity contribution in [1.82, 2.24) is 0 Å². The molecule has 0 N–H and O–H groups in total. The van der Waals surface area contributed by atoms with Gasteiger partial charge in [-0.25, -0.2) is 0 Å². The summed E-state index contributed by atoms with van der Waals surface area (Å²) in [5.41, 5.74) is 0. The van der Waals surface area contributed by atoms with Gasteiger partial charge in [-0.2, -0.15) is 0 Å². The first kappa shape index (κ1) is 75.1. The van der Waals surface area contributed by atoms with Crippen molar-refractivity contribution in [2.24, 2.45) is 0 Å². The number of carbonyl (C=O) groups is 3. The SMILES string of the molecule is CC/C=C\C/C=C\C/C=C\C/C=C\C/C=C\CCCCCCCCCCCCCCCCCCCC(=O)OCC(COC(=O)CCCCCCC/C=C\CCCC)OC(=O)CCCCCCCCC/C=C\C/C=C\C/C=C\CC. The van der Waals surface area contributed by atoms with E-state index in [1.165, 1.54) is 154 Å². The van der Waals surface area contributed by atoms with Gasteiger partial charge in [0.1, 0.15) is 13.2 Å². The van der Waals surface area contributed by atoms with E-state index in [0.717, 1.165) is 122 Å². The molecule has 452 valence electrons. The number of hydrogen-bond donors (Lipinski definition) is 0. The van der Waals surface area contributed by atoms with Crippen molar-refractivity contribution in [2.75, 3.05) is 13.2 Å². The zero-order chi connectivity index (χ0) is 57.1. The molecule has 79 heavy (non-hydrogen) atoms. The lowest BCUT2D eigenvalue weighted by molar-refractivity contribution is -0.167. The maximum absolute atomic E-state index is 12.9. The molecule has 0 rings (SSSR count). The van der Waals surface area contributed by atoms with Crippen molar-refractivity contribution < 1.29 is 28.6 Å². The van der Waals surface area contributed by atoms with Crippen molar-refractivity contribution in [3.8, 4) is 0 Å². The molecule has 0 amide bonds. The fraction of sp³-hybridized carbons (Fsp3) is 0.712. The standard InChI is InChI=1S/C73H124O6/c1-4-7-10-13-16-19-22-24-26-28-29-30-31-32-33-34-35-36-37-38-39-40-41-42-43-45-46-48-51-54-57-60-63-66-72(75)78-69-70(68-77-71(74)65-62-59-56-53-50-21-18-15-12-9-6-3)79-73(76)67-64-61-58-55-52-49-47-44-27-25-23-20-17-14-11-8-5-2/h7-8,10-11,15-20,24-27,29-30,32-33,70H,4-6,9,12-14,21-23,28,31,34-69H2,1-3H3/b10-7-,11-8-,18-15-,19-16-,20-17-,26-24-,27-25-,30-29-,33-32-. The lowest BCUT2D eigenvalue weighted by Gasteiger charge is -2.18. The van der Waals surface area contributed by atoms with Crippen LogP contribution in [0.1, 0.15) is 316 Å². The minimum atomic E-state index is -0.786. The Labute approximate surface area is 489 Å². The van der Waals surface area contributed by atoms with Gasteiger partial charge in [-0.1, -0.05) is 291 Å². The van der Waals surface area contributed by atoms with E-state index in [0.29, 0.717) is 19.3 Å². The maximum atomic E-state index is 12.9. The van der Waals surface area contributed by atoms with Crippen LogP contribution in [-0.4, -0.2) is 37.2 Å². The number of ether oxygens (including phenoxy) is 3. The monoisotopic (exact) mass is 1100 g/mol. The molecule has 0 saturated carbocycles. The van der Waals surface area contributed by atoms with Gasteiger partial charge in [-0.05, 0) is 116 Å². The van der Waals surface area contributed by atoms with Gasteiger partial charge in [0.05, 0.1) is 0 Å². The normalized spacial score (nSPS) is 12.8. The number of unbranched alkanes of at least 4 members (excludes halogenated alkanes) is 31. The Hall–Kier alpha value is -3.93. The zero-order valence-electron chi connectivity index (χ0n) is 51.9. The molecule has 1 atom stereocenters. The third-order valence-electron chi connectivity index (χ3n) is 14.2. The lowest BCUT2D eigenvalue weighted by atomic mass is 10.0. The molecular formula is C73H124O6. The van der Waals surface area contributed by atoms with E-state index in [4.69, 9.17) is 14.2 Å². The molecule has 0 aliphatic heterocycles. The van der Waals surface area contributed by atoms with Crippen LogP contribution in [-0.2, 0) is 28.6 Å². The Morgan fingerprint density at radius 1 is 0.266 bits per heavy atom. The Morgan fingerprint density at radius 2 is 0.494 bits per heavy atom. The largest absolute Gasteiger partial charge is 0.462 e. The van der Waals surface area contributed by atoms with Gasteiger partial charge in [0, 0.05) is 19.3 Å². The van der Waals surface area contributed by atoms with Crippen molar-refractivity contribution in [1.29, 1.82) is 0 Å². The summed E-state index contributed by atoms with van der Waals surface area (Å²) in [7, 11) is 0. The topological polar surface area (TPSA) is 78.9 Å². The van der Waals surface area contributed by atoms with Crippen LogP contribution in [0.5, 0.6) is 0 Å². The number of rotatable bonds is 60. The van der Waals surface area contributed by atoms with E-state index in [2.05, 4.69) is 130 Å². The molecule has 0 aromatic carbocycles. The summed E-state index contributed by atoms with van der Waals surface area (Å²) in [4.78, 5) is 38.3. The number of hydrogen-bond acceptors (Lipinski definition) is 6. The van der Waals surface area contributed by atoms with Crippen molar-refractivity contribution in [3.63, 3.8) is 0 Å². The third kappa shape index (κ3) is 64.8. The second kappa shape index (κ2) is 66.6. The molecule has 6 nitrogen and oxygen atoms in total. The highest BCUT2D eigenvalue weighted by Gasteiger charge is 2.19. The second-order valence-corrected chi connectivity index (χ2v) is 22.0. The Kier molecular flexibility index (Phi) is 63.3. The maximum Gasteiger partial charge on any atom is 0.306 e. The van der Waals surface area contributed by atoms with Crippen molar-refractivity contribution in [3.05, 3.63) is 109 Å². The molecule has 0 saturated heterocycles. The Morgan fingerprint density at radius 3 is 0.785 bits per heavy atom. The molecule has 0 radical (unpaired) electrons. The van der Waals surface area contributed by atoms with Crippen molar-refractivity contribution >= 4 is 17.9 Å². The van der Waals surface area contributed by atoms with Crippen LogP contribution in [0.2, 0.25) is 0 Å². The first-order valence-electron chi connectivity index (χ1n) is 33.4. The van der Waals surface area contributed by atoms with Gasteiger partial charge in [-0.15, -0.1) is 0 Å². The molecule has 0 bridgehead atoms. The summed E-state index contributed by atoms with van der Waals surface area (Å²) in [6.45, 7) is 6.38. The molecule has 0 aromatic rings. The van der Waals surface area contributed by atoms with Crippen LogP contribution in [0.3, 0.4) is 0 Å². The van der Waals surface area contributed by atoms with Crippen LogP contribution in [0.4, 0.5) is 0 Å². The highest BCUT2D eigenvalue weighted by Crippen LogP contribution is 2.17. The Balaban J connectivity index is 4.15. The predicted molar refractivity (Wildman–Crippen MR) is 343 cm³/mol. The highest BCUT2D eigenvalue weighted by molar-refractivity contribution is 5.71. The number of esters is 3. The summed E-state index contributed by atoms with van der Waals surface area (Å²) in [5.74, 6) is -0.893. The van der Waals surface area contributed by atoms with Gasteiger partial charge in [-0.3, -0.25) is 14.4 Å². The molecule has 0 aromatic heterocycles. The van der Waals surface area contributed by atoms with Crippen LogP contribution in [0, 0.1) is 0 Å². The summed E-state index contributed by atoms with van der Waals surface area (Å²) in [6.07, 6.45) is 91.2. The molecule has 0 aliphatic carbocycles. The fourth-order valence-corrected chi connectivity index (χ4v) is 9.29. The average molecular weight is 1100 g/mol. The van der Waals surface area contributed by atoms with Gasteiger partial charge in [0.25, 0.3) is 0 Å². The van der Waals surface area contributed by atoms with E-state index in [1.54, 1.807) is 0 Å². The van der Waals surface area contributed by atoms with Crippen molar-refractivity contribution in [2.45, 2.75) is 322 Å². The smallest absolute Gasteiger partial charge is 0.306 e. The molecule has 0 fully saturated rings. The molecule has 0 aliphatic rings. The van der Waals surface area contributed by atoms with E-state index >= 15 is 0 Å². The van der Waals surface area contributed by atoms with Crippen LogP contribution >= 0.6 is 0 Å². The predicted octanol–water partition coefficient (Wildman–Crippen LogP) is 23.0. The zero-order valence-corrected chi connectivity index (χ0v) is 51.9. The first-order valence-corrected chi connectivity index (χ1v) is 33.4. The van der Waals surface area contributed by atoms with Gasteiger partial charge in [0.15, 0.2) is 6.10 Å². The lowest BCUT2D eigenvalue weighted by Crippen LogP contribution is -2.30. The molecular weight excluding hydrogens is 973 g/mol. The summed E-state index contributed by atoms with van der Waals surface area (Å²) < 4.78 is 16.9. The van der Waals surface area contributed by atoms with E-state index in [1.807, 2.05) is 0 Å². The Bertz CT molecular complexity index is 1590. The highest BCUT2D eigenvalue weighted by atomic mass is 16.6. The quantitative estimate of drug-likeness (QED) is 0.0261. The first-order chi connectivity index (χ1) is 39.0. The van der Waals surface area contributed by atoms with Gasteiger partial charge >= 0.3 is 17.9 Å². The summed E-state index contributed by atoms with van der Waals surface area (Å²) in [6, 6.07) is 0. The molecule has 0 spiro atoms. The fourth-order valence-electron chi connectivity index (χ4n) is 9.29. The van der Waals surface area contributed by atoms with E-state index in [-0.39, 0.29) is 31.1 Å². The van der Waals surface area contributed by atoms with Crippen LogP contribution < -0.4 is 0 Å².